The number of carbonyl (C=O) groups is 1. The van der Waals surface area contributed by atoms with Gasteiger partial charge in [0.15, 0.2) is 23.0 Å². The van der Waals surface area contributed by atoms with Crippen LogP contribution in [0.15, 0.2) is 36.4 Å². The zero-order chi connectivity index (χ0) is 23.6. The zero-order valence-corrected chi connectivity index (χ0v) is 19.6. The minimum absolute atomic E-state index is 0.245. The molecule has 0 spiro atoms. The number of hydrogen-bond acceptors (Lipinski definition) is 6. The first-order chi connectivity index (χ1) is 16.1. The molecule has 0 saturated heterocycles. The first kappa shape index (κ1) is 24.2. The molecule has 1 saturated carbocycles. The first-order valence-electron chi connectivity index (χ1n) is 11.3. The summed E-state index contributed by atoms with van der Waals surface area (Å²) in [5.74, 6) is 2.35. The Morgan fingerprint density at radius 3 is 2.27 bits per heavy atom. The van der Waals surface area contributed by atoms with Crippen LogP contribution in [0.5, 0.6) is 23.0 Å². The third-order valence-electron chi connectivity index (χ3n) is 6.02. The van der Waals surface area contributed by atoms with Gasteiger partial charge in [-0.05, 0) is 59.9 Å². The van der Waals surface area contributed by atoms with Crippen LogP contribution in [-0.2, 0) is 4.79 Å². The quantitative estimate of drug-likeness (QED) is 0.201. The highest BCUT2D eigenvalue weighted by Crippen LogP contribution is 2.33. The lowest BCUT2D eigenvalue weighted by molar-refractivity contribution is -0.134. The van der Waals surface area contributed by atoms with Crippen molar-refractivity contribution in [2.45, 2.75) is 44.9 Å². The van der Waals surface area contributed by atoms with Crippen LogP contribution in [0, 0.1) is 17.2 Å². The summed E-state index contributed by atoms with van der Waals surface area (Å²) >= 11 is 0. The van der Waals surface area contributed by atoms with Crippen LogP contribution in [0.2, 0.25) is 0 Å². The molecule has 0 atom stereocenters. The molecular weight excluding hydrogens is 418 g/mol. The van der Waals surface area contributed by atoms with Crippen LogP contribution in [0.1, 0.15) is 56.1 Å². The maximum atomic E-state index is 12.4. The van der Waals surface area contributed by atoms with E-state index in [1.165, 1.54) is 39.2 Å². The second-order valence-corrected chi connectivity index (χ2v) is 8.17. The molecule has 1 fully saturated rings. The molecule has 174 valence electrons. The van der Waals surface area contributed by atoms with Crippen molar-refractivity contribution in [2.75, 3.05) is 21.3 Å². The molecule has 0 heterocycles. The summed E-state index contributed by atoms with van der Waals surface area (Å²) in [6.07, 6.45) is 9.27. The normalized spacial score (nSPS) is 14.3. The van der Waals surface area contributed by atoms with Crippen molar-refractivity contribution in [1.29, 1.82) is 5.26 Å². The number of allylic oxidation sites excluding steroid dienone is 1. The van der Waals surface area contributed by atoms with Gasteiger partial charge in [0, 0.05) is 6.42 Å². The molecule has 3 rings (SSSR count). The van der Waals surface area contributed by atoms with E-state index in [0.717, 1.165) is 12.0 Å². The van der Waals surface area contributed by atoms with Crippen molar-refractivity contribution in [3.63, 3.8) is 0 Å². The van der Waals surface area contributed by atoms with E-state index in [4.69, 9.17) is 18.9 Å². The molecule has 0 amide bonds. The van der Waals surface area contributed by atoms with Gasteiger partial charge in [0.05, 0.1) is 33.0 Å². The number of esters is 1. The first-order valence-corrected chi connectivity index (χ1v) is 11.3. The molecular formula is C27H31NO5. The molecule has 33 heavy (non-hydrogen) atoms. The maximum absolute atomic E-state index is 12.4. The Morgan fingerprint density at radius 2 is 1.61 bits per heavy atom. The number of nitriles is 1. The predicted molar refractivity (Wildman–Crippen MR) is 127 cm³/mol. The summed E-state index contributed by atoms with van der Waals surface area (Å²) in [7, 11) is 4.65. The molecule has 0 aliphatic heterocycles. The topological polar surface area (TPSA) is 77.8 Å². The lowest BCUT2D eigenvalue weighted by Gasteiger charge is -2.20. The standard InChI is InChI=1S/C27H31NO5/c1-30-23-13-11-21(17-26(23)32-3)22(18-28)15-20-9-12-24(25(16-20)31-2)33-27(29)14-10-19-7-5-4-6-8-19/h9,11-13,15-17,19H,4-8,10,14H2,1-3H3/b22-15-. The van der Waals surface area contributed by atoms with E-state index in [1.54, 1.807) is 56.7 Å². The van der Waals surface area contributed by atoms with Crippen LogP contribution in [-0.4, -0.2) is 27.3 Å². The molecule has 0 aromatic heterocycles. The average molecular weight is 450 g/mol. The van der Waals surface area contributed by atoms with Gasteiger partial charge < -0.3 is 18.9 Å². The molecule has 0 N–H and O–H groups in total. The molecule has 1 aliphatic carbocycles. The molecule has 1 aliphatic rings. The van der Waals surface area contributed by atoms with Gasteiger partial charge in [0.1, 0.15) is 0 Å². The van der Waals surface area contributed by atoms with Crippen LogP contribution < -0.4 is 18.9 Å². The summed E-state index contributed by atoms with van der Waals surface area (Å²) in [6.45, 7) is 0. The van der Waals surface area contributed by atoms with Crippen LogP contribution in [0.4, 0.5) is 0 Å². The summed E-state index contributed by atoms with van der Waals surface area (Å²) in [5, 5.41) is 9.71. The Labute approximate surface area is 195 Å². The fourth-order valence-corrected chi connectivity index (χ4v) is 4.18. The van der Waals surface area contributed by atoms with Crippen molar-refractivity contribution in [2.24, 2.45) is 5.92 Å². The van der Waals surface area contributed by atoms with Gasteiger partial charge in [-0.15, -0.1) is 0 Å². The van der Waals surface area contributed by atoms with E-state index in [1.807, 2.05) is 0 Å². The van der Waals surface area contributed by atoms with Crippen molar-refractivity contribution in [1.82, 2.24) is 0 Å². The second-order valence-electron chi connectivity index (χ2n) is 8.17. The van der Waals surface area contributed by atoms with Crippen LogP contribution in [0.3, 0.4) is 0 Å². The van der Waals surface area contributed by atoms with Gasteiger partial charge in [-0.3, -0.25) is 4.79 Å². The Kier molecular flexibility index (Phi) is 8.77. The fraction of sp³-hybridized carbons (Fsp3) is 0.407. The summed E-state index contributed by atoms with van der Waals surface area (Å²) in [4.78, 5) is 12.4. The van der Waals surface area contributed by atoms with E-state index >= 15 is 0 Å². The van der Waals surface area contributed by atoms with Crippen molar-refractivity contribution in [3.8, 4) is 29.1 Å². The van der Waals surface area contributed by atoms with Gasteiger partial charge in [-0.2, -0.15) is 5.26 Å². The molecule has 6 nitrogen and oxygen atoms in total. The number of ether oxygens (including phenoxy) is 4. The van der Waals surface area contributed by atoms with Gasteiger partial charge >= 0.3 is 5.97 Å². The van der Waals surface area contributed by atoms with Gasteiger partial charge in [0.25, 0.3) is 0 Å². The van der Waals surface area contributed by atoms with Crippen molar-refractivity contribution < 1.29 is 23.7 Å². The Hall–Kier alpha value is -3.46. The number of hydrogen-bond donors (Lipinski definition) is 0. The summed E-state index contributed by atoms with van der Waals surface area (Å²) in [6, 6.07) is 12.8. The molecule has 0 radical (unpaired) electrons. The lowest BCUT2D eigenvalue weighted by atomic mass is 9.86. The third kappa shape index (κ3) is 6.52. The second kappa shape index (κ2) is 12.0. The van der Waals surface area contributed by atoms with Crippen LogP contribution in [0.25, 0.3) is 11.6 Å². The third-order valence-corrected chi connectivity index (χ3v) is 6.02. The highest BCUT2D eigenvalue weighted by molar-refractivity contribution is 5.90. The lowest BCUT2D eigenvalue weighted by Crippen LogP contribution is -2.13. The molecule has 0 bridgehead atoms. The smallest absolute Gasteiger partial charge is 0.311 e. The Bertz CT molecular complexity index is 1030. The summed E-state index contributed by atoms with van der Waals surface area (Å²) < 4.78 is 21.6. The van der Waals surface area contributed by atoms with E-state index in [-0.39, 0.29) is 5.97 Å². The Balaban J connectivity index is 1.73. The summed E-state index contributed by atoms with van der Waals surface area (Å²) in [5.41, 5.74) is 1.91. The van der Waals surface area contributed by atoms with E-state index < -0.39 is 0 Å². The number of carbonyl (C=O) groups excluding carboxylic acids is 1. The van der Waals surface area contributed by atoms with Gasteiger partial charge in [-0.1, -0.05) is 38.2 Å². The van der Waals surface area contributed by atoms with Gasteiger partial charge in [-0.25, -0.2) is 0 Å². The average Bonchev–Trinajstić information content (AvgIpc) is 2.86. The minimum atomic E-state index is -0.245. The fourth-order valence-electron chi connectivity index (χ4n) is 4.18. The molecule has 2 aromatic rings. The molecule has 0 unspecified atom stereocenters. The predicted octanol–water partition coefficient (Wildman–Crippen LogP) is 6.04. The highest BCUT2D eigenvalue weighted by atomic mass is 16.6. The molecule has 6 heteroatoms. The number of benzene rings is 2. The Morgan fingerprint density at radius 1 is 0.939 bits per heavy atom. The van der Waals surface area contributed by atoms with Crippen molar-refractivity contribution >= 4 is 17.6 Å². The number of methoxy groups -OCH3 is 3. The highest BCUT2D eigenvalue weighted by Gasteiger charge is 2.17. The van der Waals surface area contributed by atoms with Crippen molar-refractivity contribution in [3.05, 3.63) is 47.5 Å². The largest absolute Gasteiger partial charge is 0.493 e. The van der Waals surface area contributed by atoms with E-state index in [9.17, 15) is 10.1 Å². The number of rotatable bonds is 9. The van der Waals surface area contributed by atoms with E-state index in [2.05, 4.69) is 6.07 Å². The monoisotopic (exact) mass is 449 g/mol. The minimum Gasteiger partial charge on any atom is -0.493 e. The van der Waals surface area contributed by atoms with Gasteiger partial charge in [0.2, 0.25) is 0 Å². The van der Waals surface area contributed by atoms with Crippen LogP contribution >= 0.6 is 0 Å². The maximum Gasteiger partial charge on any atom is 0.311 e. The SMILES string of the molecule is COc1ccc(/C(C#N)=C\c2ccc(OC(=O)CCC3CCCCC3)c(OC)c2)cc1OC. The molecule has 2 aromatic carbocycles. The zero-order valence-electron chi connectivity index (χ0n) is 19.6. The van der Waals surface area contributed by atoms with E-state index in [0.29, 0.717) is 46.5 Å². The number of nitrogens with zero attached hydrogens (tertiary/aromatic N) is 1.